The molecular formula is C27H49NO4Si2. The molecule has 7 heteroatoms. The van der Waals surface area contributed by atoms with Gasteiger partial charge in [0.1, 0.15) is 7.11 Å². The van der Waals surface area contributed by atoms with Gasteiger partial charge in [-0.3, -0.25) is 4.79 Å². The van der Waals surface area contributed by atoms with E-state index in [0.29, 0.717) is 6.42 Å². The Morgan fingerprint density at radius 1 is 1.03 bits per heavy atom. The lowest BCUT2D eigenvalue weighted by atomic mass is 10.0. The summed E-state index contributed by atoms with van der Waals surface area (Å²) < 4.78 is 12.0. The largest absolute Gasteiger partial charge is 0.520 e. The van der Waals surface area contributed by atoms with Crippen LogP contribution < -0.4 is 0 Å². The molecule has 0 heterocycles. The Morgan fingerprint density at radius 2 is 1.76 bits per heavy atom. The van der Waals surface area contributed by atoms with Crippen molar-refractivity contribution in [3.63, 3.8) is 0 Å². The van der Waals surface area contributed by atoms with Gasteiger partial charge >= 0.3 is 0 Å². The standard InChI is InChI=1S/C27H49NO4Si2/c1-9-10-13-16-24(31-33(3,4)5)21-19-23-20-22-26(28-30-2)25(23)17-14-11-12-15-18-27(29)32-34(6,7)8/h11,14,19,21,24H,9-10,12-13,15-18,20,22H2,1-8H3. The fraction of sp³-hybridized carbons (Fsp3) is 0.704. The quantitative estimate of drug-likeness (QED) is 0.0921. The minimum Gasteiger partial charge on any atom is -0.520 e. The first-order chi connectivity index (χ1) is 15.9. The molecule has 34 heavy (non-hydrogen) atoms. The molecule has 0 fully saturated rings. The Morgan fingerprint density at radius 3 is 2.38 bits per heavy atom. The summed E-state index contributed by atoms with van der Waals surface area (Å²) in [6, 6.07) is 0. The smallest absolute Gasteiger partial charge is 0.292 e. The zero-order chi connectivity index (χ0) is 25.6. The number of carbonyl (C=O) groups is 1. The number of carbonyl (C=O) groups excluding carboxylic acids is 1. The maximum atomic E-state index is 11.9. The second kappa shape index (κ2) is 15.5. The maximum Gasteiger partial charge on any atom is 0.292 e. The molecule has 0 radical (unpaired) electrons. The Bertz CT molecular complexity index is 743. The fourth-order valence-corrected chi connectivity index (χ4v) is 5.82. The average molecular weight is 508 g/mol. The third-order valence-electron chi connectivity index (χ3n) is 5.34. The number of hydrogen-bond acceptors (Lipinski definition) is 5. The average Bonchev–Trinajstić information content (AvgIpc) is 3.08. The van der Waals surface area contributed by atoms with Crippen molar-refractivity contribution >= 4 is 28.3 Å². The van der Waals surface area contributed by atoms with Gasteiger partial charge in [-0.05, 0) is 89.0 Å². The van der Waals surface area contributed by atoms with Crippen molar-refractivity contribution in [3.8, 4) is 0 Å². The van der Waals surface area contributed by atoms with Gasteiger partial charge in [0, 0.05) is 6.42 Å². The van der Waals surface area contributed by atoms with Gasteiger partial charge in [-0.25, -0.2) is 0 Å². The van der Waals surface area contributed by atoms with Gasteiger partial charge in [0.2, 0.25) is 8.32 Å². The number of hydrogen-bond donors (Lipinski definition) is 0. The molecule has 0 aromatic heterocycles. The lowest BCUT2D eigenvalue weighted by molar-refractivity contribution is -0.135. The maximum absolute atomic E-state index is 11.9. The van der Waals surface area contributed by atoms with Crippen LogP contribution in [-0.2, 0) is 18.5 Å². The monoisotopic (exact) mass is 507 g/mol. The van der Waals surface area contributed by atoms with Crippen LogP contribution in [0.4, 0.5) is 0 Å². The van der Waals surface area contributed by atoms with Crippen LogP contribution in [0.15, 0.2) is 40.6 Å². The molecule has 0 aliphatic heterocycles. The molecule has 1 rings (SSSR count). The highest BCUT2D eigenvalue weighted by Crippen LogP contribution is 2.29. The molecule has 1 aliphatic carbocycles. The fourth-order valence-electron chi connectivity index (χ4n) is 3.93. The second-order valence-electron chi connectivity index (χ2n) is 11.0. The summed E-state index contributed by atoms with van der Waals surface area (Å²) in [5, 5.41) is 4.28. The van der Waals surface area contributed by atoms with Gasteiger partial charge in [-0.2, -0.15) is 0 Å². The van der Waals surface area contributed by atoms with Crippen molar-refractivity contribution in [2.24, 2.45) is 5.16 Å². The van der Waals surface area contributed by atoms with Gasteiger partial charge in [0.05, 0.1) is 11.8 Å². The van der Waals surface area contributed by atoms with Crippen molar-refractivity contribution in [2.75, 3.05) is 7.11 Å². The van der Waals surface area contributed by atoms with Crippen LogP contribution in [0.25, 0.3) is 0 Å². The first-order valence-corrected chi connectivity index (χ1v) is 19.8. The molecule has 1 atom stereocenters. The third kappa shape index (κ3) is 14.1. The number of allylic oxidation sites excluding steroid dienone is 5. The van der Waals surface area contributed by atoms with Crippen molar-refractivity contribution in [3.05, 3.63) is 35.5 Å². The van der Waals surface area contributed by atoms with Crippen molar-refractivity contribution in [1.29, 1.82) is 0 Å². The summed E-state index contributed by atoms with van der Waals surface area (Å²) in [5.74, 6) is -0.0676. The van der Waals surface area contributed by atoms with Gasteiger partial charge in [0.15, 0.2) is 8.32 Å². The first-order valence-electron chi connectivity index (χ1n) is 13.0. The summed E-state index contributed by atoms with van der Waals surface area (Å²) in [6.07, 6.45) is 18.7. The van der Waals surface area contributed by atoms with Crippen LogP contribution in [0, 0.1) is 0 Å². The Kier molecular flexibility index (Phi) is 14.0. The van der Waals surface area contributed by atoms with E-state index >= 15 is 0 Å². The minimum absolute atomic E-state index is 0.0676. The van der Waals surface area contributed by atoms with Crippen LogP contribution in [0.5, 0.6) is 0 Å². The molecule has 5 nitrogen and oxygen atoms in total. The summed E-state index contributed by atoms with van der Waals surface area (Å²) in [7, 11) is -1.79. The van der Waals surface area contributed by atoms with Gasteiger partial charge in [0.25, 0.3) is 5.97 Å². The molecule has 0 spiro atoms. The van der Waals surface area contributed by atoms with E-state index in [2.05, 4.69) is 56.0 Å². The van der Waals surface area contributed by atoms with E-state index < -0.39 is 16.6 Å². The van der Waals surface area contributed by atoms with Gasteiger partial charge < -0.3 is 13.7 Å². The number of rotatable bonds is 16. The number of oxime groups is 1. The molecule has 0 aromatic rings. The zero-order valence-corrected chi connectivity index (χ0v) is 25.0. The van der Waals surface area contributed by atoms with E-state index in [0.717, 1.165) is 44.2 Å². The lowest BCUT2D eigenvalue weighted by Crippen LogP contribution is -2.31. The van der Waals surface area contributed by atoms with Crippen molar-refractivity contribution in [1.82, 2.24) is 0 Å². The van der Waals surface area contributed by atoms with Gasteiger partial charge in [-0.1, -0.05) is 55.6 Å². The topological polar surface area (TPSA) is 57.1 Å². The predicted molar refractivity (Wildman–Crippen MR) is 149 cm³/mol. The number of unbranched alkanes of at least 4 members (excludes halogenated alkanes) is 3. The van der Waals surface area contributed by atoms with Crippen LogP contribution in [0.1, 0.15) is 71.1 Å². The highest BCUT2D eigenvalue weighted by atomic mass is 28.4. The van der Waals surface area contributed by atoms with E-state index in [1.54, 1.807) is 7.11 Å². The van der Waals surface area contributed by atoms with Crippen molar-refractivity contribution < 1.29 is 18.5 Å². The zero-order valence-electron chi connectivity index (χ0n) is 23.0. The van der Waals surface area contributed by atoms with Crippen LogP contribution in [-0.4, -0.2) is 41.5 Å². The normalized spacial score (nSPS) is 17.4. The molecule has 194 valence electrons. The minimum atomic E-state index is -1.79. The molecule has 0 bridgehead atoms. The number of nitrogens with zero attached hydrogens (tertiary/aromatic N) is 1. The van der Waals surface area contributed by atoms with Crippen molar-refractivity contribution in [2.45, 2.75) is 117 Å². The second-order valence-corrected chi connectivity index (χ2v) is 19.9. The van der Waals surface area contributed by atoms with E-state index in [1.165, 1.54) is 30.4 Å². The molecule has 0 saturated carbocycles. The summed E-state index contributed by atoms with van der Waals surface area (Å²) in [6.45, 7) is 15.1. The van der Waals surface area contributed by atoms with E-state index in [-0.39, 0.29) is 12.1 Å². The molecule has 1 aliphatic rings. The van der Waals surface area contributed by atoms with E-state index in [9.17, 15) is 4.79 Å². The highest BCUT2D eigenvalue weighted by molar-refractivity contribution is 6.71. The summed E-state index contributed by atoms with van der Waals surface area (Å²) >= 11 is 0. The van der Waals surface area contributed by atoms with Gasteiger partial charge in [-0.15, -0.1) is 0 Å². The SMILES string of the molecule is CCCCCC(C=CC1=C(CC=CCCCC(=O)O[Si](C)(C)C)C(=NOC)CC1)O[Si](C)(C)C. The summed E-state index contributed by atoms with van der Waals surface area (Å²) in [4.78, 5) is 17.0. The molecule has 0 amide bonds. The predicted octanol–water partition coefficient (Wildman–Crippen LogP) is 7.93. The first kappa shape index (κ1) is 30.6. The Hall–Kier alpha value is -1.45. The molecular weight excluding hydrogens is 458 g/mol. The summed E-state index contributed by atoms with van der Waals surface area (Å²) in [5.41, 5.74) is 3.63. The van der Waals surface area contributed by atoms with Crippen LogP contribution in [0.3, 0.4) is 0 Å². The molecule has 1 unspecified atom stereocenters. The van der Waals surface area contributed by atoms with Crippen LogP contribution >= 0.6 is 0 Å². The lowest BCUT2D eigenvalue weighted by Gasteiger charge is -2.24. The molecule has 0 aromatic carbocycles. The molecule has 0 N–H and O–H groups in total. The van der Waals surface area contributed by atoms with E-state index in [1.807, 2.05) is 19.6 Å². The van der Waals surface area contributed by atoms with Crippen LogP contribution in [0.2, 0.25) is 39.3 Å². The Balaban J connectivity index is 2.78. The third-order valence-corrected chi connectivity index (χ3v) is 7.19. The van der Waals surface area contributed by atoms with E-state index in [4.69, 9.17) is 13.7 Å². The molecule has 0 saturated heterocycles. The Labute approximate surface area is 211 Å². The highest BCUT2D eigenvalue weighted by Gasteiger charge is 2.22.